The van der Waals surface area contributed by atoms with Crippen LogP contribution in [0.4, 0.5) is 0 Å². The third-order valence-corrected chi connectivity index (χ3v) is 14.6. The van der Waals surface area contributed by atoms with Gasteiger partial charge in [-0.25, -0.2) is 0 Å². The zero-order valence-corrected chi connectivity index (χ0v) is 43.7. The number of nitrogens with zero attached hydrogens (tertiary/aromatic N) is 2. The minimum Gasteiger partial charge on any atom is -0.508 e. The second-order valence-electron chi connectivity index (χ2n) is 21.0. The monoisotopic (exact) mass is 1060 g/mol. The standard InChI is InChI=1S/C51H82N8O16/c1-6-26(2)19-27(3)13-11-9-7-8-10-12-14-40(67)53-33-22-38(65)48(72)57-49(73)43-44(68)28(4)24-59(43)51(75)42(37(64)23-39(52)66)56-46(70)34(21-36(63)30-15-17-31(61)18-16-30)54-47(71)35-20-32(62)25-58(35)50(74)41(29(5)60)55-45(33)69/h15-18,26-29,32-38,41-44,48,60-65,68,72H,6-14,19-25H2,1-5H3,(H2,52,66)(H,53,67)(H,54,71)(H,55,69)(H,56,70)(H,57,73)/t26?,27?,28-,29+,32+,33+,34-,35-,36+,37+,38-,41-,42-,43-,44-,48+/m0/s1. The van der Waals surface area contributed by atoms with E-state index in [2.05, 4.69) is 47.4 Å². The molecule has 0 bridgehead atoms. The number of carbonyl (C=O) groups excluding carboxylic acids is 8. The van der Waals surface area contributed by atoms with E-state index in [0.717, 1.165) is 55.2 Å². The van der Waals surface area contributed by atoms with Crippen LogP contribution in [0.2, 0.25) is 0 Å². The molecule has 422 valence electrons. The smallest absolute Gasteiger partial charge is 0.248 e. The van der Waals surface area contributed by atoms with E-state index in [4.69, 9.17) is 5.73 Å². The maximum atomic E-state index is 14.5. The Labute approximate surface area is 437 Å². The fourth-order valence-electron chi connectivity index (χ4n) is 9.96. The molecule has 24 nitrogen and oxygen atoms in total. The third-order valence-electron chi connectivity index (χ3n) is 14.6. The maximum absolute atomic E-state index is 14.5. The van der Waals surface area contributed by atoms with Gasteiger partial charge in [0.2, 0.25) is 47.3 Å². The number of carbonyl (C=O) groups is 8. The van der Waals surface area contributed by atoms with Crippen molar-refractivity contribution < 1.29 is 79.2 Å². The third kappa shape index (κ3) is 18.1. The highest BCUT2D eigenvalue weighted by molar-refractivity contribution is 5.98. The zero-order valence-electron chi connectivity index (χ0n) is 43.7. The van der Waals surface area contributed by atoms with Crippen molar-refractivity contribution in [1.82, 2.24) is 36.4 Å². The summed E-state index contributed by atoms with van der Waals surface area (Å²) in [6.45, 7) is 8.37. The molecule has 24 heteroatoms. The number of aliphatic hydroxyl groups is 7. The average Bonchev–Trinajstić information content (AvgIpc) is 3.89. The maximum Gasteiger partial charge on any atom is 0.248 e. The molecule has 0 radical (unpaired) electrons. The van der Waals surface area contributed by atoms with Crippen LogP contribution >= 0.6 is 0 Å². The van der Waals surface area contributed by atoms with Crippen molar-refractivity contribution in [3.05, 3.63) is 29.8 Å². The Hall–Kier alpha value is -5.50. The van der Waals surface area contributed by atoms with Crippen molar-refractivity contribution in [2.75, 3.05) is 13.1 Å². The summed E-state index contributed by atoms with van der Waals surface area (Å²) in [5, 5.41) is 99.7. The molecular formula is C51H82N8O16. The van der Waals surface area contributed by atoms with Gasteiger partial charge in [0.25, 0.3) is 0 Å². The molecule has 75 heavy (non-hydrogen) atoms. The quantitative estimate of drug-likeness (QED) is 0.0624. The summed E-state index contributed by atoms with van der Waals surface area (Å²) in [4.78, 5) is 113. The lowest BCUT2D eigenvalue weighted by molar-refractivity contribution is -0.148. The van der Waals surface area contributed by atoms with E-state index in [-0.39, 0.29) is 17.7 Å². The number of primary amides is 1. The second-order valence-corrected chi connectivity index (χ2v) is 21.0. The molecule has 3 heterocycles. The van der Waals surface area contributed by atoms with Gasteiger partial charge < -0.3 is 83.0 Å². The van der Waals surface area contributed by atoms with E-state index < -0.39 is 171 Å². The lowest BCUT2D eigenvalue weighted by atomic mass is 9.91. The topological polar surface area (TPSA) is 391 Å². The summed E-state index contributed by atoms with van der Waals surface area (Å²) in [7, 11) is 0. The number of amides is 8. The number of phenols is 1. The second kappa shape index (κ2) is 29.1. The molecule has 8 amide bonds. The number of nitrogens with one attached hydrogen (secondary N) is 5. The Morgan fingerprint density at radius 3 is 1.99 bits per heavy atom. The van der Waals surface area contributed by atoms with E-state index in [0.29, 0.717) is 24.7 Å². The number of fused-ring (bicyclic) bond motifs is 2. The Morgan fingerprint density at radius 2 is 1.36 bits per heavy atom. The summed E-state index contributed by atoms with van der Waals surface area (Å²) < 4.78 is 0. The number of hydrogen-bond acceptors (Lipinski definition) is 16. The number of aromatic hydroxyl groups is 1. The van der Waals surface area contributed by atoms with Crippen LogP contribution in [0.15, 0.2) is 24.3 Å². The number of rotatable bonds is 20. The SMILES string of the molecule is CCC(C)CC(C)CCCCCCCCC(=O)N[C@@H]1C[C@H](O)[C@@H](O)NC(=O)[C@@H]2[C@@H](O)[C@@H](C)CN2C(=O)[C@H]([C@H](O)CC(N)=O)NC(=O)[C@H](C[C@@H](O)c2ccc(O)cc2)NC(=O)[C@@H]2C[C@@H](O)CN2C(=O)[C@H]([C@@H](C)O)NC1=O. The normalized spacial score (nSPS) is 29.6. The number of benzene rings is 1. The van der Waals surface area contributed by atoms with E-state index in [1.807, 2.05) is 0 Å². The Kier molecular flexibility index (Phi) is 24.1. The highest BCUT2D eigenvalue weighted by Crippen LogP contribution is 2.28. The van der Waals surface area contributed by atoms with Gasteiger partial charge in [0.05, 0.1) is 36.9 Å². The zero-order chi connectivity index (χ0) is 55.8. The van der Waals surface area contributed by atoms with Crippen LogP contribution in [-0.2, 0) is 38.4 Å². The summed E-state index contributed by atoms with van der Waals surface area (Å²) in [6, 6.07) is -6.05. The lowest BCUT2D eigenvalue weighted by Crippen LogP contribution is -2.62. The van der Waals surface area contributed by atoms with Crippen LogP contribution in [0.25, 0.3) is 0 Å². The largest absolute Gasteiger partial charge is 0.508 e. The molecule has 3 aliphatic rings. The molecule has 0 aromatic heterocycles. The van der Waals surface area contributed by atoms with Crippen molar-refractivity contribution in [2.24, 2.45) is 23.5 Å². The van der Waals surface area contributed by atoms with Gasteiger partial charge in [-0.1, -0.05) is 84.8 Å². The molecule has 3 aliphatic heterocycles. The molecule has 3 saturated heterocycles. The highest BCUT2D eigenvalue weighted by atomic mass is 16.3. The van der Waals surface area contributed by atoms with Gasteiger partial charge in [0.1, 0.15) is 48.1 Å². The van der Waals surface area contributed by atoms with Crippen molar-refractivity contribution >= 4 is 47.3 Å². The first-order chi connectivity index (χ1) is 35.3. The van der Waals surface area contributed by atoms with Gasteiger partial charge in [-0.3, -0.25) is 38.4 Å². The number of unbranched alkanes of at least 4 members (excludes halogenated alkanes) is 5. The van der Waals surface area contributed by atoms with E-state index in [9.17, 15) is 79.2 Å². The van der Waals surface area contributed by atoms with Gasteiger partial charge in [-0.15, -0.1) is 0 Å². The Bertz CT molecular complexity index is 2100. The molecule has 0 aliphatic carbocycles. The predicted octanol–water partition coefficient (Wildman–Crippen LogP) is -2.07. The van der Waals surface area contributed by atoms with E-state index >= 15 is 0 Å². The first kappa shape index (κ1) is 62.0. The fourth-order valence-corrected chi connectivity index (χ4v) is 9.96. The summed E-state index contributed by atoms with van der Waals surface area (Å²) in [6.07, 6.45) is -7.18. The van der Waals surface area contributed by atoms with Crippen LogP contribution in [0, 0.1) is 17.8 Å². The predicted molar refractivity (Wildman–Crippen MR) is 269 cm³/mol. The lowest BCUT2D eigenvalue weighted by Gasteiger charge is -2.33. The van der Waals surface area contributed by atoms with Crippen molar-refractivity contribution in [3.8, 4) is 5.75 Å². The molecule has 2 unspecified atom stereocenters. The minimum absolute atomic E-state index is 0.0621. The first-order valence-electron chi connectivity index (χ1n) is 26.3. The Balaban J connectivity index is 1.69. The number of phenolic OH excluding ortho intramolecular Hbond substituents is 1. The molecular weight excluding hydrogens is 981 g/mol. The van der Waals surface area contributed by atoms with Crippen LogP contribution in [-0.4, -0.2) is 184 Å². The molecule has 0 spiro atoms. The van der Waals surface area contributed by atoms with E-state index in [1.165, 1.54) is 37.6 Å². The van der Waals surface area contributed by atoms with Crippen LogP contribution < -0.4 is 32.3 Å². The van der Waals surface area contributed by atoms with Gasteiger partial charge in [0.15, 0.2) is 6.23 Å². The molecule has 15 N–H and O–H groups in total. The van der Waals surface area contributed by atoms with Crippen molar-refractivity contribution in [1.29, 1.82) is 0 Å². The summed E-state index contributed by atoms with van der Waals surface area (Å²) in [5.74, 6) is -8.67. The molecule has 1 aromatic rings. The van der Waals surface area contributed by atoms with Crippen LogP contribution in [0.3, 0.4) is 0 Å². The number of hydrogen-bond donors (Lipinski definition) is 14. The van der Waals surface area contributed by atoms with Crippen molar-refractivity contribution in [2.45, 2.75) is 204 Å². The fraction of sp³-hybridized carbons (Fsp3) is 0.725. The van der Waals surface area contributed by atoms with Gasteiger partial charge in [-0.05, 0) is 49.3 Å². The minimum atomic E-state index is -2.26. The Morgan fingerprint density at radius 1 is 0.747 bits per heavy atom. The van der Waals surface area contributed by atoms with Crippen molar-refractivity contribution in [3.63, 3.8) is 0 Å². The van der Waals surface area contributed by atoms with Crippen LogP contribution in [0.1, 0.15) is 136 Å². The van der Waals surface area contributed by atoms with Gasteiger partial charge in [0, 0.05) is 44.7 Å². The van der Waals surface area contributed by atoms with Crippen LogP contribution in [0.5, 0.6) is 5.75 Å². The molecule has 4 rings (SSSR count). The van der Waals surface area contributed by atoms with Gasteiger partial charge in [-0.2, -0.15) is 0 Å². The molecule has 3 fully saturated rings. The average molecular weight is 1060 g/mol. The number of nitrogens with two attached hydrogens (primary N) is 1. The molecule has 0 saturated carbocycles. The summed E-state index contributed by atoms with van der Waals surface area (Å²) in [5.41, 5.74) is 5.50. The molecule has 16 atom stereocenters. The molecule has 1 aromatic carbocycles. The first-order valence-corrected chi connectivity index (χ1v) is 26.3. The highest BCUT2D eigenvalue weighted by Gasteiger charge is 2.50. The summed E-state index contributed by atoms with van der Waals surface area (Å²) >= 11 is 0. The number of aliphatic hydroxyl groups excluding tert-OH is 7. The van der Waals surface area contributed by atoms with Gasteiger partial charge >= 0.3 is 0 Å². The van der Waals surface area contributed by atoms with E-state index in [1.54, 1.807) is 0 Å².